The van der Waals surface area contributed by atoms with Gasteiger partial charge in [-0.05, 0) is 42.5 Å². The molecule has 0 atom stereocenters. The summed E-state index contributed by atoms with van der Waals surface area (Å²) in [4.78, 5) is -0.264. The first kappa shape index (κ1) is 17.1. The van der Waals surface area contributed by atoms with Crippen molar-refractivity contribution in [3.63, 3.8) is 0 Å². The first-order valence-corrected chi connectivity index (χ1v) is 7.89. The number of rotatable bonds is 3. The zero-order chi connectivity index (χ0) is 17.3. The smallest absolute Gasteiger partial charge is 0.279 e. The highest BCUT2D eigenvalue weighted by Crippen LogP contribution is 2.37. The van der Waals surface area contributed by atoms with E-state index in [0.29, 0.717) is 6.07 Å². The zero-order valence-corrected chi connectivity index (χ0v) is 12.8. The molecule has 0 heterocycles. The Kier molecular flexibility index (Phi) is 4.54. The molecule has 9 heteroatoms. The van der Waals surface area contributed by atoms with Gasteiger partial charge in [0, 0.05) is 5.02 Å². The maximum Gasteiger partial charge on any atom is 0.418 e. The van der Waals surface area contributed by atoms with Crippen molar-refractivity contribution in [3.05, 3.63) is 58.6 Å². The van der Waals surface area contributed by atoms with E-state index in [4.69, 9.17) is 16.9 Å². The second-order valence-corrected chi connectivity index (χ2v) is 6.55. The van der Waals surface area contributed by atoms with Gasteiger partial charge in [0.2, 0.25) is 0 Å². The Balaban J connectivity index is 2.43. The van der Waals surface area contributed by atoms with Crippen molar-refractivity contribution in [2.75, 3.05) is 4.72 Å². The minimum absolute atomic E-state index is 0.168. The van der Waals surface area contributed by atoms with Gasteiger partial charge in [-0.25, -0.2) is 8.42 Å². The van der Waals surface area contributed by atoms with Crippen LogP contribution < -0.4 is 4.72 Å². The first-order valence-electron chi connectivity index (χ1n) is 6.03. The minimum Gasteiger partial charge on any atom is -0.279 e. The van der Waals surface area contributed by atoms with Gasteiger partial charge < -0.3 is 0 Å². The van der Waals surface area contributed by atoms with Crippen LogP contribution in [0.3, 0.4) is 0 Å². The third-order valence-corrected chi connectivity index (χ3v) is 4.44. The summed E-state index contributed by atoms with van der Waals surface area (Å²) in [6.07, 6.45) is -4.77. The Morgan fingerprint density at radius 1 is 1.09 bits per heavy atom. The molecule has 0 radical (unpaired) electrons. The van der Waals surface area contributed by atoms with Gasteiger partial charge in [-0.3, -0.25) is 4.72 Å². The molecular weight excluding hydrogens is 353 g/mol. The lowest BCUT2D eigenvalue weighted by atomic mass is 10.2. The van der Waals surface area contributed by atoms with Crippen molar-refractivity contribution < 1.29 is 21.6 Å². The molecule has 0 aliphatic heterocycles. The number of hydrogen-bond donors (Lipinski definition) is 1. The largest absolute Gasteiger partial charge is 0.418 e. The molecule has 120 valence electrons. The number of nitrogens with one attached hydrogen (secondary N) is 1. The fraction of sp³-hybridized carbons (Fsp3) is 0.0714. The molecule has 0 bridgehead atoms. The summed E-state index contributed by atoms with van der Waals surface area (Å²) < 4.78 is 65.2. The SMILES string of the molecule is N#Cc1ccc(S(=O)(=O)Nc2ccc(Cl)cc2C(F)(F)F)cc1. The van der Waals surface area contributed by atoms with E-state index in [9.17, 15) is 21.6 Å². The van der Waals surface area contributed by atoms with E-state index in [1.54, 1.807) is 0 Å². The molecule has 4 nitrogen and oxygen atoms in total. The fourth-order valence-electron chi connectivity index (χ4n) is 1.75. The number of nitriles is 1. The lowest BCUT2D eigenvalue weighted by molar-refractivity contribution is -0.136. The van der Waals surface area contributed by atoms with Crippen molar-refractivity contribution in [1.29, 1.82) is 5.26 Å². The highest BCUT2D eigenvalue weighted by atomic mass is 35.5. The summed E-state index contributed by atoms with van der Waals surface area (Å²) in [5.74, 6) is 0. The number of halogens is 4. The molecule has 0 amide bonds. The van der Waals surface area contributed by atoms with E-state index in [1.165, 1.54) is 12.1 Å². The Morgan fingerprint density at radius 3 is 2.22 bits per heavy atom. The molecule has 0 saturated carbocycles. The minimum atomic E-state index is -4.77. The number of nitrogens with zero attached hydrogens (tertiary/aromatic N) is 1. The molecule has 0 spiro atoms. The molecule has 23 heavy (non-hydrogen) atoms. The number of alkyl halides is 3. The van der Waals surface area contributed by atoms with E-state index < -0.39 is 27.5 Å². The molecule has 0 aliphatic rings. The van der Waals surface area contributed by atoms with Crippen molar-refractivity contribution in [2.45, 2.75) is 11.1 Å². The van der Waals surface area contributed by atoms with Crippen LogP contribution in [0.15, 0.2) is 47.4 Å². The van der Waals surface area contributed by atoms with Crippen molar-refractivity contribution in [2.24, 2.45) is 0 Å². The standard InChI is InChI=1S/C14H8ClF3N2O2S/c15-10-3-6-13(12(7-10)14(16,17)18)20-23(21,22)11-4-1-9(8-19)2-5-11/h1-7,20H. The van der Waals surface area contributed by atoms with E-state index >= 15 is 0 Å². The quantitative estimate of drug-likeness (QED) is 0.898. The van der Waals surface area contributed by atoms with Crippen LogP contribution in [-0.2, 0) is 16.2 Å². The summed E-state index contributed by atoms with van der Waals surface area (Å²) in [5, 5.41) is 8.50. The maximum absolute atomic E-state index is 13.0. The van der Waals surface area contributed by atoms with Crippen LogP contribution in [0.1, 0.15) is 11.1 Å². The molecule has 0 unspecified atom stereocenters. The second-order valence-electron chi connectivity index (χ2n) is 4.43. The van der Waals surface area contributed by atoms with Crippen LogP contribution in [-0.4, -0.2) is 8.42 Å². The Bertz CT molecular complexity index is 872. The summed E-state index contributed by atoms with van der Waals surface area (Å²) in [6, 6.07) is 9.29. The van der Waals surface area contributed by atoms with Crippen molar-refractivity contribution in [1.82, 2.24) is 0 Å². The molecule has 0 aromatic heterocycles. The normalized spacial score (nSPS) is 11.8. The average Bonchev–Trinajstić information content (AvgIpc) is 2.48. The monoisotopic (exact) mass is 360 g/mol. The third kappa shape index (κ3) is 3.94. The molecule has 2 rings (SSSR count). The molecule has 0 saturated heterocycles. The maximum atomic E-state index is 13.0. The molecule has 0 fully saturated rings. The second kappa shape index (κ2) is 6.10. The Labute approximate surface area is 135 Å². The van der Waals surface area contributed by atoms with E-state index in [1.807, 2.05) is 10.8 Å². The van der Waals surface area contributed by atoms with E-state index in [2.05, 4.69) is 0 Å². The Hall–Kier alpha value is -2.24. The summed E-state index contributed by atoms with van der Waals surface area (Å²) in [5.41, 5.74) is -1.60. The summed E-state index contributed by atoms with van der Waals surface area (Å²) in [7, 11) is -4.24. The highest BCUT2D eigenvalue weighted by Gasteiger charge is 2.35. The number of hydrogen-bond acceptors (Lipinski definition) is 3. The van der Waals surface area contributed by atoms with Gasteiger partial charge >= 0.3 is 6.18 Å². The van der Waals surface area contributed by atoms with E-state index in [0.717, 1.165) is 24.3 Å². The number of anilines is 1. The lowest BCUT2D eigenvalue weighted by Gasteiger charge is -2.15. The first-order chi connectivity index (χ1) is 10.6. The molecule has 2 aromatic rings. The van der Waals surface area contributed by atoms with Crippen LogP contribution in [0.2, 0.25) is 5.02 Å². The van der Waals surface area contributed by atoms with Gasteiger partial charge in [0.15, 0.2) is 0 Å². The van der Waals surface area contributed by atoms with Gasteiger partial charge in [-0.2, -0.15) is 18.4 Å². The van der Waals surface area contributed by atoms with Crippen LogP contribution in [0, 0.1) is 11.3 Å². The van der Waals surface area contributed by atoms with Crippen LogP contribution in [0.5, 0.6) is 0 Å². The van der Waals surface area contributed by atoms with Gasteiger partial charge in [-0.15, -0.1) is 0 Å². The van der Waals surface area contributed by atoms with Gasteiger partial charge in [0.25, 0.3) is 10.0 Å². The highest BCUT2D eigenvalue weighted by molar-refractivity contribution is 7.92. The van der Waals surface area contributed by atoms with Crippen LogP contribution in [0.25, 0.3) is 0 Å². The van der Waals surface area contributed by atoms with Gasteiger partial charge in [0.1, 0.15) is 0 Å². The lowest BCUT2D eigenvalue weighted by Crippen LogP contribution is -2.17. The molecule has 2 aromatic carbocycles. The predicted octanol–water partition coefficient (Wildman–Crippen LogP) is 4.03. The molecule has 1 N–H and O–H groups in total. The number of benzene rings is 2. The predicted molar refractivity (Wildman–Crippen MR) is 78.4 cm³/mol. The van der Waals surface area contributed by atoms with Gasteiger partial charge in [-0.1, -0.05) is 11.6 Å². The van der Waals surface area contributed by atoms with Gasteiger partial charge in [0.05, 0.1) is 27.8 Å². The average molecular weight is 361 g/mol. The molecular formula is C14H8ClF3N2O2S. The topological polar surface area (TPSA) is 70.0 Å². The fourth-order valence-corrected chi connectivity index (χ4v) is 3.00. The summed E-state index contributed by atoms with van der Waals surface area (Å²) in [6.45, 7) is 0. The van der Waals surface area contributed by atoms with E-state index in [-0.39, 0.29) is 15.5 Å². The Morgan fingerprint density at radius 2 is 1.70 bits per heavy atom. The zero-order valence-electron chi connectivity index (χ0n) is 11.2. The van der Waals surface area contributed by atoms with Crippen molar-refractivity contribution >= 4 is 27.3 Å². The van der Waals surface area contributed by atoms with Crippen LogP contribution in [0.4, 0.5) is 18.9 Å². The molecule has 0 aliphatic carbocycles. The third-order valence-electron chi connectivity index (χ3n) is 2.83. The van der Waals surface area contributed by atoms with Crippen molar-refractivity contribution in [3.8, 4) is 6.07 Å². The number of sulfonamides is 1. The van der Waals surface area contributed by atoms with Crippen LogP contribution >= 0.6 is 11.6 Å². The summed E-state index contributed by atoms with van der Waals surface area (Å²) >= 11 is 5.54.